The van der Waals surface area contributed by atoms with Crippen LogP contribution in [0.15, 0.2) is 46.1 Å². The Morgan fingerprint density at radius 3 is 2.67 bits per heavy atom. The summed E-state index contributed by atoms with van der Waals surface area (Å²) in [4.78, 5) is 21.4. The fourth-order valence-corrected chi connectivity index (χ4v) is 9.72. The predicted molar refractivity (Wildman–Crippen MR) is 187 cm³/mol. The number of aryl methyl sites for hydroxylation is 4. The SMILES string of the molecule is CNc1nccc2cc(-c3c4c(nc(CCC5CCOCC5)c3-c3nc(C)no3)C(C(C)C)CS4)sc12.c1cnc2c(c1)CCC2. The van der Waals surface area contributed by atoms with Crippen LogP contribution in [0.3, 0.4) is 0 Å². The number of thiophene rings is 1. The van der Waals surface area contributed by atoms with Gasteiger partial charge < -0.3 is 14.6 Å². The van der Waals surface area contributed by atoms with E-state index in [4.69, 9.17) is 19.2 Å². The first-order valence-corrected chi connectivity index (χ1v) is 18.4. The van der Waals surface area contributed by atoms with E-state index < -0.39 is 0 Å². The highest BCUT2D eigenvalue weighted by molar-refractivity contribution is 7.99. The molecule has 1 N–H and O–H groups in total. The van der Waals surface area contributed by atoms with E-state index in [1.807, 2.05) is 44.2 Å². The van der Waals surface area contributed by atoms with Gasteiger partial charge in [0.2, 0.25) is 0 Å². The van der Waals surface area contributed by atoms with Crippen molar-refractivity contribution in [1.82, 2.24) is 25.1 Å². The van der Waals surface area contributed by atoms with Crippen molar-refractivity contribution < 1.29 is 9.26 Å². The fourth-order valence-electron chi connectivity index (χ4n) is 6.85. The van der Waals surface area contributed by atoms with Gasteiger partial charge >= 0.3 is 0 Å². The molecule has 8 nitrogen and oxygen atoms in total. The number of aromatic nitrogens is 5. The van der Waals surface area contributed by atoms with Crippen LogP contribution in [0, 0.1) is 18.8 Å². The van der Waals surface area contributed by atoms with E-state index in [0.29, 0.717) is 29.5 Å². The van der Waals surface area contributed by atoms with Crippen LogP contribution in [0.1, 0.15) is 73.9 Å². The Bertz CT molecular complexity index is 1800. The molecule has 0 aromatic carbocycles. The maximum atomic E-state index is 5.85. The third-order valence-corrected chi connectivity index (χ3v) is 11.9. The van der Waals surface area contributed by atoms with E-state index in [-0.39, 0.29) is 0 Å². The van der Waals surface area contributed by atoms with Crippen molar-refractivity contribution in [1.29, 1.82) is 0 Å². The number of thioether (sulfide) groups is 1. The van der Waals surface area contributed by atoms with Crippen LogP contribution in [0.25, 0.3) is 32.0 Å². The number of anilines is 1. The average molecular weight is 655 g/mol. The summed E-state index contributed by atoms with van der Waals surface area (Å²) in [7, 11) is 1.93. The Morgan fingerprint density at radius 1 is 1.04 bits per heavy atom. The highest BCUT2D eigenvalue weighted by atomic mass is 32.2. The second kappa shape index (κ2) is 13.8. The number of hydrogen-bond donors (Lipinski definition) is 1. The van der Waals surface area contributed by atoms with Gasteiger partial charge in [-0.25, -0.2) is 4.98 Å². The van der Waals surface area contributed by atoms with Gasteiger partial charge in [0.1, 0.15) is 5.82 Å². The number of nitrogens with zero attached hydrogens (tertiary/aromatic N) is 5. The first-order chi connectivity index (χ1) is 22.5. The van der Waals surface area contributed by atoms with E-state index in [2.05, 4.69) is 52.5 Å². The number of pyridine rings is 3. The summed E-state index contributed by atoms with van der Waals surface area (Å²) in [5.74, 6) is 4.78. The molecule has 0 bridgehead atoms. The molecule has 7 heterocycles. The molecule has 0 spiro atoms. The smallest absolute Gasteiger partial charge is 0.260 e. The van der Waals surface area contributed by atoms with Crippen LogP contribution in [0.2, 0.25) is 0 Å². The first kappa shape index (κ1) is 31.3. The third kappa shape index (κ3) is 6.31. The summed E-state index contributed by atoms with van der Waals surface area (Å²) in [5, 5.41) is 8.61. The molecule has 5 aromatic heterocycles. The lowest BCUT2D eigenvalue weighted by Crippen LogP contribution is -2.17. The average Bonchev–Trinajstić information content (AvgIpc) is 3.89. The van der Waals surface area contributed by atoms with Crippen LogP contribution < -0.4 is 5.32 Å². The van der Waals surface area contributed by atoms with Crippen LogP contribution in [-0.2, 0) is 24.0 Å². The molecular weight excluding hydrogens is 613 g/mol. The highest BCUT2D eigenvalue weighted by Crippen LogP contribution is 2.53. The van der Waals surface area contributed by atoms with E-state index in [9.17, 15) is 0 Å². The lowest BCUT2D eigenvalue weighted by Gasteiger charge is -2.23. The number of fused-ring (bicyclic) bond motifs is 3. The van der Waals surface area contributed by atoms with E-state index >= 15 is 0 Å². The van der Waals surface area contributed by atoms with E-state index in [1.54, 1.807) is 11.3 Å². The Hall–Kier alpha value is -3.34. The molecule has 10 heteroatoms. The summed E-state index contributed by atoms with van der Waals surface area (Å²) in [6, 6.07) is 8.57. The topological polar surface area (TPSA) is 98.9 Å². The summed E-state index contributed by atoms with van der Waals surface area (Å²) in [6.07, 6.45) is 11.7. The molecule has 0 saturated carbocycles. The summed E-state index contributed by atoms with van der Waals surface area (Å²) in [6.45, 7) is 8.22. The summed E-state index contributed by atoms with van der Waals surface area (Å²) >= 11 is 3.70. The molecule has 0 amide bonds. The van der Waals surface area contributed by atoms with Crippen LogP contribution >= 0.6 is 23.1 Å². The van der Waals surface area contributed by atoms with Crippen molar-refractivity contribution in [2.45, 2.75) is 76.5 Å². The molecule has 240 valence electrons. The largest absolute Gasteiger partial charge is 0.381 e. The number of ether oxygens (including phenoxy) is 1. The van der Waals surface area contributed by atoms with Crippen molar-refractivity contribution in [3.63, 3.8) is 0 Å². The molecular formula is C36H42N6O2S2. The van der Waals surface area contributed by atoms with Crippen molar-refractivity contribution in [3.05, 3.63) is 65.1 Å². The Kier molecular flexibility index (Phi) is 9.38. The molecule has 8 rings (SSSR count). The molecule has 1 saturated heterocycles. The van der Waals surface area contributed by atoms with Gasteiger partial charge in [-0.15, -0.1) is 23.1 Å². The molecule has 0 radical (unpaired) electrons. The Balaban J connectivity index is 0.000000321. The molecule has 1 unspecified atom stereocenters. The minimum absolute atomic E-state index is 0.433. The van der Waals surface area contributed by atoms with E-state index in [0.717, 1.165) is 66.4 Å². The quantitative estimate of drug-likeness (QED) is 0.185. The number of rotatable bonds is 7. The maximum absolute atomic E-state index is 5.85. The standard InChI is InChI=1S/C28H33N5O2S2.C8H9N/c1-15(2)19-14-36-26-23(21-13-18-7-10-30-27(29-4)25(18)37-21)22(28-31-16(3)33-35-28)20(32-24(19)26)6-5-17-8-11-34-12-9-17;1-3-7-4-2-6-9-8(7)5-1/h7,10,13,15,17,19H,5-6,8-9,11-12,14H2,1-4H3,(H,29,30);2,4,6H,1,3,5H2. The minimum atomic E-state index is 0.433. The van der Waals surface area contributed by atoms with Crippen molar-refractivity contribution in [3.8, 4) is 21.9 Å². The lowest BCUT2D eigenvalue weighted by atomic mass is 9.89. The van der Waals surface area contributed by atoms with Gasteiger partial charge in [0.15, 0.2) is 5.82 Å². The van der Waals surface area contributed by atoms with Gasteiger partial charge in [0.25, 0.3) is 5.89 Å². The van der Waals surface area contributed by atoms with Gasteiger partial charge in [-0.1, -0.05) is 25.1 Å². The number of nitrogens with one attached hydrogen (secondary N) is 1. The zero-order chi connectivity index (χ0) is 31.6. The molecule has 5 aromatic rings. The molecule has 1 fully saturated rings. The molecule has 1 aliphatic carbocycles. The van der Waals surface area contributed by atoms with Crippen molar-refractivity contribution >= 4 is 39.0 Å². The van der Waals surface area contributed by atoms with Crippen LogP contribution in [-0.4, -0.2) is 51.1 Å². The first-order valence-electron chi connectivity index (χ1n) is 16.6. The van der Waals surface area contributed by atoms with Gasteiger partial charge in [-0.05, 0) is 92.9 Å². The van der Waals surface area contributed by atoms with Gasteiger partial charge in [0, 0.05) is 65.4 Å². The minimum Gasteiger partial charge on any atom is -0.381 e. The third-order valence-electron chi connectivity index (χ3n) is 9.45. The highest BCUT2D eigenvalue weighted by Gasteiger charge is 2.35. The Morgan fingerprint density at radius 2 is 1.91 bits per heavy atom. The van der Waals surface area contributed by atoms with Crippen molar-refractivity contribution in [2.75, 3.05) is 31.3 Å². The molecule has 46 heavy (non-hydrogen) atoms. The normalized spacial score (nSPS) is 17.6. The predicted octanol–water partition coefficient (Wildman–Crippen LogP) is 8.53. The van der Waals surface area contributed by atoms with Crippen molar-refractivity contribution in [2.24, 2.45) is 11.8 Å². The Labute approximate surface area is 279 Å². The molecule has 3 aliphatic rings. The second-order valence-corrected chi connectivity index (χ2v) is 14.9. The zero-order valence-corrected chi connectivity index (χ0v) is 28.8. The summed E-state index contributed by atoms with van der Waals surface area (Å²) < 4.78 is 12.6. The summed E-state index contributed by atoms with van der Waals surface area (Å²) in [5.41, 5.74) is 7.30. The second-order valence-electron chi connectivity index (χ2n) is 12.8. The van der Waals surface area contributed by atoms with E-state index in [1.165, 1.54) is 56.9 Å². The molecule has 2 aliphatic heterocycles. The van der Waals surface area contributed by atoms with Crippen LogP contribution in [0.5, 0.6) is 0 Å². The fraction of sp³-hybridized carbons (Fsp3) is 0.472. The van der Waals surface area contributed by atoms with Gasteiger partial charge in [-0.2, -0.15) is 4.98 Å². The van der Waals surface area contributed by atoms with Gasteiger partial charge in [-0.3, -0.25) is 9.97 Å². The lowest BCUT2D eigenvalue weighted by molar-refractivity contribution is 0.0639. The number of hydrogen-bond acceptors (Lipinski definition) is 10. The van der Waals surface area contributed by atoms with Gasteiger partial charge in [0.05, 0.1) is 21.7 Å². The molecule has 1 atom stereocenters. The maximum Gasteiger partial charge on any atom is 0.260 e. The van der Waals surface area contributed by atoms with Crippen LogP contribution in [0.4, 0.5) is 5.82 Å². The zero-order valence-electron chi connectivity index (χ0n) is 27.1. The monoisotopic (exact) mass is 654 g/mol.